The van der Waals surface area contributed by atoms with Gasteiger partial charge >= 0.3 is 6.18 Å². The molecule has 2 aromatic carbocycles. The zero-order valence-corrected chi connectivity index (χ0v) is 14.6. The fourth-order valence-electron chi connectivity index (χ4n) is 2.59. The molecule has 0 aromatic heterocycles. The predicted molar refractivity (Wildman–Crippen MR) is 99.3 cm³/mol. The largest absolute Gasteiger partial charge is 0.508 e. The molecule has 132 valence electrons. The van der Waals surface area contributed by atoms with Crippen LogP contribution in [-0.2, 0) is 6.18 Å². The van der Waals surface area contributed by atoms with Crippen LogP contribution in [0.4, 0.5) is 24.5 Å². The van der Waals surface area contributed by atoms with Crippen molar-refractivity contribution in [3.05, 3.63) is 53.6 Å². The van der Waals surface area contributed by atoms with E-state index in [4.69, 9.17) is 29.7 Å². The van der Waals surface area contributed by atoms with Crippen LogP contribution >= 0.6 is 24.4 Å². The van der Waals surface area contributed by atoms with Crippen LogP contribution in [0.3, 0.4) is 0 Å². The SMILES string of the molecule is N#Cc1ccc(N2C(=S)CN(c3ccc(O)cc3)C2=S)cc1C(F)(F)F. The second-order valence-corrected chi connectivity index (χ2v) is 6.29. The number of benzene rings is 2. The maximum Gasteiger partial charge on any atom is 0.417 e. The minimum Gasteiger partial charge on any atom is -0.508 e. The zero-order chi connectivity index (χ0) is 19.1. The summed E-state index contributed by atoms with van der Waals surface area (Å²) in [7, 11) is 0. The molecule has 4 nitrogen and oxygen atoms in total. The molecule has 0 amide bonds. The summed E-state index contributed by atoms with van der Waals surface area (Å²) in [4.78, 5) is 3.36. The summed E-state index contributed by atoms with van der Waals surface area (Å²) >= 11 is 10.7. The summed E-state index contributed by atoms with van der Waals surface area (Å²) in [6, 6.07) is 11.1. The molecule has 1 saturated heterocycles. The second kappa shape index (κ2) is 6.55. The molecule has 0 saturated carbocycles. The monoisotopic (exact) mass is 393 g/mol. The predicted octanol–water partition coefficient (Wildman–Crippen LogP) is 4.22. The van der Waals surface area contributed by atoms with Crippen molar-refractivity contribution in [1.29, 1.82) is 5.26 Å². The molecule has 3 rings (SSSR count). The minimum atomic E-state index is -4.67. The average molecular weight is 393 g/mol. The van der Waals surface area contributed by atoms with E-state index in [9.17, 15) is 18.3 Å². The van der Waals surface area contributed by atoms with Crippen LogP contribution in [0.2, 0.25) is 0 Å². The quantitative estimate of drug-likeness (QED) is 0.771. The van der Waals surface area contributed by atoms with Gasteiger partial charge in [0.25, 0.3) is 0 Å². The Kier molecular flexibility index (Phi) is 4.56. The van der Waals surface area contributed by atoms with E-state index in [1.807, 2.05) is 0 Å². The van der Waals surface area contributed by atoms with Gasteiger partial charge in [0, 0.05) is 11.4 Å². The number of halogens is 3. The molecule has 1 fully saturated rings. The first-order valence-electron chi connectivity index (χ1n) is 7.27. The van der Waals surface area contributed by atoms with E-state index in [-0.39, 0.29) is 23.1 Å². The topological polar surface area (TPSA) is 50.5 Å². The first kappa shape index (κ1) is 18.1. The Bertz CT molecular complexity index is 936. The van der Waals surface area contributed by atoms with Crippen molar-refractivity contribution in [1.82, 2.24) is 0 Å². The number of phenols is 1. The summed E-state index contributed by atoms with van der Waals surface area (Å²) in [6.45, 7) is 0.223. The highest BCUT2D eigenvalue weighted by Gasteiger charge is 2.37. The molecule has 0 bridgehead atoms. The fraction of sp³-hybridized carbons (Fsp3) is 0.118. The molecular weight excluding hydrogens is 383 g/mol. The lowest BCUT2D eigenvalue weighted by Crippen LogP contribution is -2.32. The van der Waals surface area contributed by atoms with Gasteiger partial charge < -0.3 is 10.0 Å². The number of nitrogens with zero attached hydrogens (tertiary/aromatic N) is 3. The van der Waals surface area contributed by atoms with Gasteiger partial charge in [-0.15, -0.1) is 0 Å². The molecule has 1 aliphatic heterocycles. The molecule has 9 heteroatoms. The smallest absolute Gasteiger partial charge is 0.417 e. The van der Waals surface area contributed by atoms with Gasteiger partial charge in [-0.2, -0.15) is 18.4 Å². The van der Waals surface area contributed by atoms with Crippen LogP contribution in [0.1, 0.15) is 11.1 Å². The van der Waals surface area contributed by atoms with Crippen LogP contribution < -0.4 is 9.80 Å². The van der Waals surface area contributed by atoms with Crippen LogP contribution in [0, 0.1) is 11.3 Å². The molecule has 0 atom stereocenters. The van der Waals surface area contributed by atoms with E-state index in [1.165, 1.54) is 23.1 Å². The standard InChI is InChI=1S/C17H10F3N3OS2/c18-17(19,20)14-7-12(2-1-10(14)8-21)23-15(25)9-22(16(23)26)11-3-5-13(24)6-4-11/h1-7,24H,9H2. The van der Waals surface area contributed by atoms with Crippen molar-refractivity contribution in [2.24, 2.45) is 0 Å². The van der Waals surface area contributed by atoms with Crippen LogP contribution in [0.5, 0.6) is 5.75 Å². The highest BCUT2D eigenvalue weighted by Crippen LogP contribution is 2.36. The maximum absolute atomic E-state index is 13.2. The number of phenolic OH excluding ortho intramolecular Hbond substituents is 1. The number of alkyl halides is 3. The van der Waals surface area contributed by atoms with Crippen LogP contribution in [-0.4, -0.2) is 21.8 Å². The number of nitriles is 1. The number of rotatable bonds is 2. The van der Waals surface area contributed by atoms with E-state index < -0.39 is 17.3 Å². The lowest BCUT2D eigenvalue weighted by Gasteiger charge is -2.22. The van der Waals surface area contributed by atoms with E-state index in [1.54, 1.807) is 23.1 Å². The van der Waals surface area contributed by atoms with Crippen molar-refractivity contribution < 1.29 is 18.3 Å². The molecule has 1 aliphatic rings. The summed E-state index contributed by atoms with van der Waals surface area (Å²) in [5.74, 6) is 0.0835. The van der Waals surface area contributed by atoms with Crippen molar-refractivity contribution in [2.75, 3.05) is 16.3 Å². The van der Waals surface area contributed by atoms with Gasteiger partial charge in [-0.05, 0) is 54.7 Å². The highest BCUT2D eigenvalue weighted by molar-refractivity contribution is 7.83. The van der Waals surface area contributed by atoms with Gasteiger partial charge in [0.1, 0.15) is 10.7 Å². The van der Waals surface area contributed by atoms with E-state index in [0.717, 1.165) is 12.1 Å². The van der Waals surface area contributed by atoms with Gasteiger partial charge in [0.05, 0.1) is 23.7 Å². The van der Waals surface area contributed by atoms with E-state index in [2.05, 4.69) is 0 Å². The number of hydrogen-bond donors (Lipinski definition) is 1. The normalized spacial score (nSPS) is 14.7. The fourth-order valence-corrected chi connectivity index (χ4v) is 3.36. The maximum atomic E-state index is 13.2. The Balaban J connectivity index is 2.00. The van der Waals surface area contributed by atoms with E-state index in [0.29, 0.717) is 10.7 Å². The second-order valence-electron chi connectivity index (χ2n) is 5.45. The Hall–Kier alpha value is -2.70. The molecular formula is C17H10F3N3OS2. The Morgan fingerprint density at radius 2 is 1.65 bits per heavy atom. The number of aromatic hydroxyl groups is 1. The lowest BCUT2D eigenvalue weighted by molar-refractivity contribution is -0.137. The van der Waals surface area contributed by atoms with Gasteiger partial charge in [0.2, 0.25) is 0 Å². The summed E-state index contributed by atoms with van der Waals surface area (Å²) < 4.78 is 39.6. The third-order valence-electron chi connectivity index (χ3n) is 3.81. The molecule has 1 heterocycles. The number of thiocarbonyl (C=S) groups is 2. The zero-order valence-electron chi connectivity index (χ0n) is 13.0. The van der Waals surface area contributed by atoms with Crippen molar-refractivity contribution in [2.45, 2.75) is 6.18 Å². The molecule has 1 N–H and O–H groups in total. The molecule has 26 heavy (non-hydrogen) atoms. The Labute approximate surface area is 157 Å². The van der Waals surface area contributed by atoms with Crippen molar-refractivity contribution >= 4 is 45.9 Å². The summed E-state index contributed by atoms with van der Waals surface area (Å²) in [5.41, 5.74) is -0.700. The van der Waals surface area contributed by atoms with E-state index >= 15 is 0 Å². The average Bonchev–Trinajstić information content (AvgIpc) is 2.89. The lowest BCUT2D eigenvalue weighted by atomic mass is 10.1. The first-order chi connectivity index (χ1) is 12.2. The molecule has 0 unspecified atom stereocenters. The third-order valence-corrected chi connectivity index (χ3v) is 4.53. The van der Waals surface area contributed by atoms with Crippen LogP contribution in [0.25, 0.3) is 0 Å². The molecule has 0 spiro atoms. The third kappa shape index (κ3) is 3.21. The van der Waals surface area contributed by atoms with Gasteiger partial charge in [-0.1, -0.05) is 12.2 Å². The highest BCUT2D eigenvalue weighted by atomic mass is 32.1. The minimum absolute atomic E-state index is 0.0835. The Morgan fingerprint density at radius 1 is 1.04 bits per heavy atom. The molecule has 2 aromatic rings. The number of anilines is 2. The van der Waals surface area contributed by atoms with Gasteiger partial charge in [0.15, 0.2) is 5.11 Å². The summed E-state index contributed by atoms with van der Waals surface area (Å²) in [6.07, 6.45) is -4.67. The number of hydrogen-bond acceptors (Lipinski definition) is 4. The van der Waals surface area contributed by atoms with Gasteiger partial charge in [-0.3, -0.25) is 4.90 Å². The summed E-state index contributed by atoms with van der Waals surface area (Å²) in [5, 5.41) is 18.5. The Morgan fingerprint density at radius 3 is 2.23 bits per heavy atom. The van der Waals surface area contributed by atoms with Crippen molar-refractivity contribution in [3.63, 3.8) is 0 Å². The molecule has 0 radical (unpaired) electrons. The van der Waals surface area contributed by atoms with Crippen molar-refractivity contribution in [3.8, 4) is 11.8 Å². The molecule has 0 aliphatic carbocycles. The first-order valence-corrected chi connectivity index (χ1v) is 8.09. The van der Waals surface area contributed by atoms with Gasteiger partial charge in [-0.25, -0.2) is 0 Å². The van der Waals surface area contributed by atoms with Crippen LogP contribution in [0.15, 0.2) is 42.5 Å².